The first-order valence-electron chi connectivity index (χ1n) is 21.9. The molecule has 11 aromatic carbocycles. The van der Waals surface area contributed by atoms with Crippen LogP contribution in [0.2, 0.25) is 0 Å². The van der Waals surface area contributed by atoms with Crippen molar-refractivity contribution in [2.24, 2.45) is 0 Å². The highest BCUT2D eigenvalue weighted by molar-refractivity contribution is 6.13. The van der Waals surface area contributed by atoms with Crippen molar-refractivity contribution in [1.82, 2.24) is 4.57 Å². The zero-order valence-electron chi connectivity index (χ0n) is 34.3. The van der Waals surface area contributed by atoms with E-state index in [-0.39, 0.29) is 0 Å². The molecule has 1 unspecified atom stereocenters. The summed E-state index contributed by atoms with van der Waals surface area (Å²) in [5, 5.41) is 10.1. The lowest BCUT2D eigenvalue weighted by molar-refractivity contribution is 0.754. The van der Waals surface area contributed by atoms with Crippen LogP contribution in [0.15, 0.2) is 231 Å². The Labute approximate surface area is 365 Å². The van der Waals surface area contributed by atoms with E-state index in [1.807, 2.05) is 0 Å². The van der Waals surface area contributed by atoms with E-state index in [9.17, 15) is 0 Å². The van der Waals surface area contributed by atoms with Gasteiger partial charge in [0, 0.05) is 33.2 Å². The van der Waals surface area contributed by atoms with E-state index in [1.165, 1.54) is 98.6 Å². The highest BCUT2D eigenvalue weighted by Gasteiger charge is 2.48. The van der Waals surface area contributed by atoms with Gasteiger partial charge in [-0.25, -0.2) is 0 Å². The summed E-state index contributed by atoms with van der Waals surface area (Å²) < 4.78 is 2.42. The number of aromatic nitrogens is 1. The normalized spacial score (nSPS) is 14.7. The molecule has 1 aromatic heterocycles. The molecule has 0 saturated heterocycles. The molecule has 63 heavy (non-hydrogen) atoms. The van der Waals surface area contributed by atoms with Crippen LogP contribution in [-0.4, -0.2) is 4.57 Å². The Morgan fingerprint density at radius 1 is 0.317 bits per heavy atom. The first-order valence-corrected chi connectivity index (χ1v) is 21.9. The lowest BCUT2D eigenvalue weighted by Gasteiger charge is -2.46. The quantitative estimate of drug-likeness (QED) is 0.172. The maximum atomic E-state index is 2.53. The van der Waals surface area contributed by atoms with Crippen LogP contribution in [0, 0.1) is 0 Å². The summed E-state index contributed by atoms with van der Waals surface area (Å²) in [4.78, 5) is 2.51. The largest absolute Gasteiger partial charge is 0.310 e. The number of para-hydroxylation sites is 2. The van der Waals surface area contributed by atoms with E-state index in [4.69, 9.17) is 0 Å². The molecule has 0 N–H and O–H groups in total. The molecule has 1 heterocycles. The molecule has 0 amide bonds. The van der Waals surface area contributed by atoms with Gasteiger partial charge in [-0.05, 0) is 120 Å². The average Bonchev–Trinajstić information content (AvgIpc) is 3.68. The Balaban J connectivity index is 1.12. The van der Waals surface area contributed by atoms with Crippen LogP contribution >= 0.6 is 0 Å². The van der Waals surface area contributed by atoms with Gasteiger partial charge in [0.25, 0.3) is 0 Å². The Hall–Kier alpha value is -8.20. The molecule has 0 saturated carbocycles. The number of hydrogen-bond acceptors (Lipinski definition) is 1. The molecule has 0 fully saturated rings. The van der Waals surface area contributed by atoms with Crippen LogP contribution in [-0.2, 0) is 5.41 Å². The van der Waals surface area contributed by atoms with Crippen molar-refractivity contribution in [3.63, 3.8) is 0 Å². The SMILES string of the molecule is c1ccc(-n2c3ccccc3c3ccc(N(c4ccc5c(c4)C4(c6ccccc6-c6cccc7cccc4c67)c4cccc6cccc-5c46)c4cccc5ccccc45)cc32)cc1. The Morgan fingerprint density at radius 3 is 1.62 bits per heavy atom. The molecule has 2 heteroatoms. The summed E-state index contributed by atoms with van der Waals surface area (Å²) in [6.07, 6.45) is 0. The van der Waals surface area contributed by atoms with Crippen molar-refractivity contribution in [3.8, 4) is 27.9 Å². The van der Waals surface area contributed by atoms with Crippen LogP contribution < -0.4 is 4.90 Å². The molecule has 0 radical (unpaired) electrons. The Morgan fingerprint density at radius 2 is 0.841 bits per heavy atom. The lowest BCUT2D eigenvalue weighted by atomic mass is 9.55. The van der Waals surface area contributed by atoms with Crippen molar-refractivity contribution in [2.75, 3.05) is 4.90 Å². The first-order chi connectivity index (χ1) is 31.3. The zero-order chi connectivity index (χ0) is 41.2. The van der Waals surface area contributed by atoms with Gasteiger partial charge in [-0.1, -0.05) is 182 Å². The fraction of sp³-hybridized carbons (Fsp3) is 0.0164. The first kappa shape index (κ1) is 34.5. The number of anilines is 3. The minimum atomic E-state index is -0.599. The molecule has 2 aliphatic rings. The third kappa shape index (κ3) is 4.62. The summed E-state index contributed by atoms with van der Waals surface area (Å²) in [5.41, 5.74) is 16.7. The van der Waals surface area contributed by atoms with Crippen LogP contribution in [0.3, 0.4) is 0 Å². The molecular weight excluding hydrogens is 761 g/mol. The zero-order valence-corrected chi connectivity index (χ0v) is 34.3. The maximum Gasteiger partial charge on any atom is 0.0726 e. The van der Waals surface area contributed by atoms with Crippen molar-refractivity contribution in [3.05, 3.63) is 253 Å². The van der Waals surface area contributed by atoms with Gasteiger partial charge in [-0.15, -0.1) is 0 Å². The summed E-state index contributed by atoms with van der Waals surface area (Å²) in [7, 11) is 0. The monoisotopic (exact) mass is 798 g/mol. The molecule has 2 aliphatic carbocycles. The Kier molecular flexibility index (Phi) is 7.07. The number of fused-ring (bicyclic) bond motifs is 12. The van der Waals surface area contributed by atoms with E-state index in [2.05, 4.69) is 240 Å². The molecule has 0 bridgehead atoms. The summed E-state index contributed by atoms with van der Waals surface area (Å²) in [5.74, 6) is 0. The molecule has 0 aliphatic heterocycles. The van der Waals surface area contributed by atoms with Crippen LogP contribution in [0.25, 0.3) is 82.1 Å². The molecule has 292 valence electrons. The number of nitrogens with zero attached hydrogens (tertiary/aromatic N) is 2. The molecule has 12 aromatic rings. The van der Waals surface area contributed by atoms with Gasteiger partial charge in [-0.3, -0.25) is 0 Å². The third-order valence-electron chi connectivity index (χ3n) is 14.1. The lowest BCUT2D eigenvalue weighted by Crippen LogP contribution is -2.36. The minimum absolute atomic E-state index is 0.599. The van der Waals surface area contributed by atoms with Gasteiger partial charge < -0.3 is 9.47 Å². The van der Waals surface area contributed by atoms with Gasteiger partial charge in [-0.2, -0.15) is 0 Å². The summed E-state index contributed by atoms with van der Waals surface area (Å²) in [6.45, 7) is 0. The highest BCUT2D eigenvalue weighted by Crippen LogP contribution is 2.61. The summed E-state index contributed by atoms with van der Waals surface area (Å²) >= 11 is 0. The van der Waals surface area contributed by atoms with Gasteiger partial charge in [0.1, 0.15) is 0 Å². The highest BCUT2D eigenvalue weighted by atomic mass is 15.1. The second kappa shape index (κ2) is 12.9. The van der Waals surface area contributed by atoms with Gasteiger partial charge in [0.05, 0.1) is 22.1 Å². The van der Waals surface area contributed by atoms with Crippen molar-refractivity contribution >= 4 is 71.2 Å². The van der Waals surface area contributed by atoms with Crippen LogP contribution in [0.4, 0.5) is 17.1 Å². The fourth-order valence-corrected chi connectivity index (χ4v) is 11.7. The van der Waals surface area contributed by atoms with Crippen LogP contribution in [0.5, 0.6) is 0 Å². The molecule has 1 atom stereocenters. The smallest absolute Gasteiger partial charge is 0.0726 e. The minimum Gasteiger partial charge on any atom is -0.310 e. The van der Waals surface area contributed by atoms with Crippen LogP contribution in [0.1, 0.15) is 22.3 Å². The second-order valence-electron chi connectivity index (χ2n) is 17.2. The van der Waals surface area contributed by atoms with E-state index < -0.39 is 5.41 Å². The van der Waals surface area contributed by atoms with E-state index >= 15 is 0 Å². The topological polar surface area (TPSA) is 8.17 Å². The molecule has 14 rings (SSSR count). The molecule has 1 spiro atoms. The summed E-state index contributed by atoms with van der Waals surface area (Å²) in [6, 6.07) is 86.2. The van der Waals surface area contributed by atoms with E-state index in [1.54, 1.807) is 0 Å². The number of benzene rings is 11. The number of rotatable bonds is 4. The van der Waals surface area contributed by atoms with Crippen molar-refractivity contribution in [2.45, 2.75) is 5.41 Å². The average molecular weight is 799 g/mol. The fourth-order valence-electron chi connectivity index (χ4n) is 11.7. The maximum absolute atomic E-state index is 2.53. The van der Waals surface area contributed by atoms with Crippen molar-refractivity contribution < 1.29 is 0 Å². The van der Waals surface area contributed by atoms with E-state index in [0.29, 0.717) is 0 Å². The third-order valence-corrected chi connectivity index (χ3v) is 14.1. The van der Waals surface area contributed by atoms with E-state index in [0.717, 1.165) is 22.7 Å². The predicted molar refractivity (Wildman–Crippen MR) is 264 cm³/mol. The van der Waals surface area contributed by atoms with Gasteiger partial charge in [0.15, 0.2) is 0 Å². The van der Waals surface area contributed by atoms with Gasteiger partial charge >= 0.3 is 0 Å². The second-order valence-corrected chi connectivity index (χ2v) is 17.2. The predicted octanol–water partition coefficient (Wildman–Crippen LogP) is 16.1. The van der Waals surface area contributed by atoms with Gasteiger partial charge in [0.2, 0.25) is 0 Å². The Bertz CT molecular complexity index is 3850. The molecular formula is C61H38N2. The van der Waals surface area contributed by atoms with Crippen molar-refractivity contribution in [1.29, 1.82) is 0 Å². The molecule has 2 nitrogen and oxygen atoms in total. The standard InChI is InChI=1S/C61H38N2/c1-2-21-42(22-3-1)63-57-31-9-7-25-48(57)49-36-34-44(38-58(49)63)62(56-32-14-16-39-15-4-5-23-45(39)56)43-33-35-47-51-27-11-18-41-20-13-30-54(60(41)51)61(55(47)37-43)52-28-8-6-24-46(52)50-26-10-17-40-19-12-29-53(61)59(40)50/h1-38H. The number of hydrogen-bond donors (Lipinski definition) is 0.